The lowest BCUT2D eigenvalue weighted by atomic mass is 10.2. The SMILES string of the molecule is COc1ccc(S(=O)(=O)N[C@@H](C)C(=O)N2CCN(c3ccccc3OC)CC2)cc1OC. The zero-order chi connectivity index (χ0) is 23.3. The Bertz CT molecular complexity index is 1050. The van der Waals surface area contributed by atoms with Crippen LogP contribution in [0.4, 0.5) is 5.69 Å². The number of benzene rings is 2. The van der Waals surface area contributed by atoms with Crippen LogP contribution in [0, 0.1) is 0 Å². The maximum absolute atomic E-state index is 12.9. The number of sulfonamides is 1. The molecule has 3 rings (SSSR count). The van der Waals surface area contributed by atoms with Crippen molar-refractivity contribution in [2.75, 3.05) is 52.4 Å². The summed E-state index contributed by atoms with van der Waals surface area (Å²) in [7, 11) is 0.606. The molecular weight excluding hydrogens is 434 g/mol. The summed E-state index contributed by atoms with van der Waals surface area (Å²) in [5.41, 5.74) is 0.976. The average Bonchev–Trinajstić information content (AvgIpc) is 2.82. The number of hydrogen-bond acceptors (Lipinski definition) is 7. The summed E-state index contributed by atoms with van der Waals surface area (Å²) < 4.78 is 43.8. The molecule has 1 heterocycles. The Morgan fingerprint density at radius 1 is 0.906 bits per heavy atom. The van der Waals surface area contributed by atoms with E-state index in [1.807, 2.05) is 24.3 Å². The first kappa shape index (κ1) is 23.7. The fourth-order valence-electron chi connectivity index (χ4n) is 3.67. The number of methoxy groups -OCH3 is 3. The number of anilines is 1. The topological polar surface area (TPSA) is 97.4 Å². The molecule has 0 unspecified atom stereocenters. The molecule has 1 atom stereocenters. The minimum atomic E-state index is -3.92. The third-order valence-electron chi connectivity index (χ3n) is 5.38. The van der Waals surface area contributed by atoms with Crippen molar-refractivity contribution >= 4 is 21.6 Å². The fraction of sp³-hybridized carbons (Fsp3) is 0.409. The molecule has 0 bridgehead atoms. The van der Waals surface area contributed by atoms with Gasteiger partial charge in [-0.1, -0.05) is 12.1 Å². The lowest BCUT2D eigenvalue weighted by Crippen LogP contribution is -2.54. The number of carbonyl (C=O) groups excluding carboxylic acids is 1. The summed E-state index contributed by atoms with van der Waals surface area (Å²) in [5.74, 6) is 1.22. The van der Waals surface area contributed by atoms with Gasteiger partial charge in [0.05, 0.1) is 38.0 Å². The van der Waals surface area contributed by atoms with Crippen LogP contribution < -0.4 is 23.8 Å². The van der Waals surface area contributed by atoms with Crippen LogP contribution >= 0.6 is 0 Å². The van der Waals surface area contributed by atoms with E-state index in [-0.39, 0.29) is 10.8 Å². The lowest BCUT2D eigenvalue weighted by molar-refractivity contribution is -0.132. The van der Waals surface area contributed by atoms with Crippen LogP contribution in [-0.2, 0) is 14.8 Å². The quantitative estimate of drug-likeness (QED) is 0.637. The predicted octanol–water partition coefficient (Wildman–Crippen LogP) is 1.73. The molecule has 1 N–H and O–H groups in total. The summed E-state index contributed by atoms with van der Waals surface area (Å²) in [6.45, 7) is 3.77. The van der Waals surface area contributed by atoms with Crippen molar-refractivity contribution < 1.29 is 27.4 Å². The lowest BCUT2D eigenvalue weighted by Gasteiger charge is -2.37. The van der Waals surface area contributed by atoms with E-state index in [9.17, 15) is 13.2 Å². The molecule has 0 radical (unpaired) electrons. The van der Waals surface area contributed by atoms with E-state index in [1.54, 1.807) is 18.9 Å². The molecule has 0 saturated carbocycles. The molecule has 1 saturated heterocycles. The average molecular weight is 464 g/mol. The van der Waals surface area contributed by atoms with Crippen molar-refractivity contribution in [2.45, 2.75) is 17.9 Å². The highest BCUT2D eigenvalue weighted by molar-refractivity contribution is 7.89. The highest BCUT2D eigenvalue weighted by Gasteiger charge is 2.29. The zero-order valence-electron chi connectivity index (χ0n) is 18.7. The Morgan fingerprint density at radius 3 is 2.16 bits per heavy atom. The van der Waals surface area contributed by atoms with Gasteiger partial charge in [-0.05, 0) is 31.2 Å². The van der Waals surface area contributed by atoms with Crippen LogP contribution in [0.15, 0.2) is 47.4 Å². The number of amides is 1. The summed E-state index contributed by atoms with van der Waals surface area (Å²) >= 11 is 0. The number of nitrogens with zero attached hydrogens (tertiary/aromatic N) is 2. The Labute approximate surface area is 188 Å². The smallest absolute Gasteiger partial charge is 0.241 e. The first-order chi connectivity index (χ1) is 15.3. The van der Waals surface area contributed by atoms with Crippen LogP contribution in [-0.4, -0.2) is 72.8 Å². The third kappa shape index (κ3) is 5.08. The Morgan fingerprint density at radius 2 is 1.53 bits per heavy atom. The van der Waals surface area contributed by atoms with Gasteiger partial charge in [0.25, 0.3) is 0 Å². The minimum absolute atomic E-state index is 0.00390. The van der Waals surface area contributed by atoms with E-state index in [4.69, 9.17) is 14.2 Å². The number of piperazine rings is 1. The van der Waals surface area contributed by atoms with Gasteiger partial charge in [0.2, 0.25) is 15.9 Å². The number of carbonyl (C=O) groups is 1. The van der Waals surface area contributed by atoms with Gasteiger partial charge < -0.3 is 24.0 Å². The van der Waals surface area contributed by atoms with Crippen LogP contribution in [0.5, 0.6) is 17.2 Å². The molecule has 0 spiro atoms. The van der Waals surface area contributed by atoms with E-state index >= 15 is 0 Å². The van der Waals surface area contributed by atoms with Crippen molar-refractivity contribution in [2.24, 2.45) is 0 Å². The molecule has 0 aliphatic carbocycles. The molecule has 1 aliphatic rings. The van der Waals surface area contributed by atoms with Crippen molar-refractivity contribution in [1.29, 1.82) is 0 Å². The third-order valence-corrected chi connectivity index (χ3v) is 6.92. The molecule has 10 heteroatoms. The van der Waals surface area contributed by atoms with Gasteiger partial charge >= 0.3 is 0 Å². The normalized spacial score (nSPS) is 15.2. The zero-order valence-corrected chi connectivity index (χ0v) is 19.5. The van der Waals surface area contributed by atoms with Crippen molar-refractivity contribution in [3.63, 3.8) is 0 Å². The number of hydrogen-bond donors (Lipinski definition) is 1. The largest absolute Gasteiger partial charge is 0.495 e. The van der Waals surface area contributed by atoms with Crippen LogP contribution in [0.25, 0.3) is 0 Å². The Hall–Kier alpha value is -2.98. The molecule has 0 aromatic heterocycles. The van der Waals surface area contributed by atoms with Crippen LogP contribution in [0.3, 0.4) is 0 Å². The molecule has 2 aromatic carbocycles. The van der Waals surface area contributed by atoms with Gasteiger partial charge in [-0.2, -0.15) is 4.72 Å². The van der Waals surface area contributed by atoms with Crippen molar-refractivity contribution in [3.05, 3.63) is 42.5 Å². The standard InChI is InChI=1S/C22H29N3O6S/c1-16(23-32(27,28)17-9-10-20(30-3)21(15-17)31-4)22(26)25-13-11-24(12-14-25)18-7-5-6-8-19(18)29-2/h5-10,15-16,23H,11-14H2,1-4H3/t16-/m0/s1. The molecule has 1 amide bonds. The van der Waals surface area contributed by atoms with Gasteiger partial charge in [0.15, 0.2) is 11.5 Å². The van der Waals surface area contributed by atoms with E-state index < -0.39 is 16.1 Å². The summed E-state index contributed by atoms with van der Waals surface area (Å²) in [5, 5.41) is 0. The second-order valence-electron chi connectivity index (χ2n) is 7.34. The first-order valence-electron chi connectivity index (χ1n) is 10.2. The van der Waals surface area contributed by atoms with E-state index in [2.05, 4.69) is 9.62 Å². The number of nitrogens with one attached hydrogen (secondary N) is 1. The van der Waals surface area contributed by atoms with Crippen molar-refractivity contribution in [1.82, 2.24) is 9.62 Å². The molecule has 32 heavy (non-hydrogen) atoms. The van der Waals surface area contributed by atoms with Gasteiger partial charge in [-0.15, -0.1) is 0 Å². The van der Waals surface area contributed by atoms with E-state index in [0.717, 1.165) is 11.4 Å². The second kappa shape index (κ2) is 10.1. The highest BCUT2D eigenvalue weighted by atomic mass is 32.2. The minimum Gasteiger partial charge on any atom is -0.495 e. The van der Waals surface area contributed by atoms with Gasteiger partial charge in [-0.25, -0.2) is 8.42 Å². The molecule has 1 aliphatic heterocycles. The molecule has 2 aromatic rings. The summed E-state index contributed by atoms with van der Waals surface area (Å²) in [4.78, 5) is 16.7. The molecular formula is C22H29N3O6S. The van der Waals surface area contributed by atoms with Crippen LogP contribution in [0.2, 0.25) is 0 Å². The first-order valence-corrected chi connectivity index (χ1v) is 11.7. The van der Waals surface area contributed by atoms with E-state index in [0.29, 0.717) is 37.7 Å². The molecule has 9 nitrogen and oxygen atoms in total. The summed E-state index contributed by atoms with van der Waals surface area (Å²) in [6, 6.07) is 11.1. The number of para-hydroxylation sites is 2. The number of ether oxygens (including phenoxy) is 3. The summed E-state index contributed by atoms with van der Waals surface area (Å²) in [6.07, 6.45) is 0. The monoisotopic (exact) mass is 463 g/mol. The Balaban J connectivity index is 1.64. The molecule has 1 fully saturated rings. The molecule has 174 valence electrons. The van der Waals surface area contributed by atoms with Crippen LogP contribution in [0.1, 0.15) is 6.92 Å². The maximum atomic E-state index is 12.9. The predicted molar refractivity (Wildman–Crippen MR) is 121 cm³/mol. The maximum Gasteiger partial charge on any atom is 0.241 e. The second-order valence-corrected chi connectivity index (χ2v) is 9.06. The van der Waals surface area contributed by atoms with Gasteiger partial charge in [0, 0.05) is 32.2 Å². The highest BCUT2D eigenvalue weighted by Crippen LogP contribution is 2.30. The van der Waals surface area contributed by atoms with E-state index in [1.165, 1.54) is 32.4 Å². The Kier molecular flexibility index (Phi) is 7.47. The van der Waals surface area contributed by atoms with Gasteiger partial charge in [-0.3, -0.25) is 4.79 Å². The fourth-order valence-corrected chi connectivity index (χ4v) is 4.88. The van der Waals surface area contributed by atoms with Gasteiger partial charge in [0.1, 0.15) is 5.75 Å². The van der Waals surface area contributed by atoms with Crippen molar-refractivity contribution in [3.8, 4) is 17.2 Å². The number of rotatable bonds is 8.